The lowest BCUT2D eigenvalue weighted by Crippen LogP contribution is -2.49. The van der Waals surface area contributed by atoms with Crippen molar-refractivity contribution in [3.8, 4) is 0 Å². The van der Waals surface area contributed by atoms with Gasteiger partial charge in [0.2, 0.25) is 0 Å². The molecule has 1 aromatic rings. The second-order valence-electron chi connectivity index (χ2n) is 5.67. The predicted octanol–water partition coefficient (Wildman–Crippen LogP) is 3.42. The molecule has 1 aromatic carbocycles. The van der Waals surface area contributed by atoms with Crippen molar-refractivity contribution >= 4 is 15.9 Å². The third-order valence-electron chi connectivity index (χ3n) is 4.39. The summed E-state index contributed by atoms with van der Waals surface area (Å²) >= 11 is 3.61. The van der Waals surface area contributed by atoms with E-state index in [1.807, 2.05) is 13.2 Å². The minimum atomic E-state index is 0.154. The van der Waals surface area contributed by atoms with Crippen molar-refractivity contribution in [1.82, 2.24) is 5.43 Å². The number of methoxy groups -OCH3 is 1. The summed E-state index contributed by atoms with van der Waals surface area (Å²) in [7, 11) is 1.81. The summed E-state index contributed by atoms with van der Waals surface area (Å²) in [6.45, 7) is 0. The standard InChI is InChI=1S/C16H25BrN2O/c1-20-16(12-7-3-2-4-8-12)15(19-18)11-13-9-5-6-10-14(13)17/h5-6,9-10,12,15-16,19H,2-4,7-8,11,18H2,1H3. The van der Waals surface area contributed by atoms with Gasteiger partial charge in [-0.15, -0.1) is 0 Å². The molecular weight excluding hydrogens is 316 g/mol. The quantitative estimate of drug-likeness (QED) is 0.616. The maximum absolute atomic E-state index is 5.81. The van der Waals surface area contributed by atoms with Gasteiger partial charge in [0.1, 0.15) is 0 Å². The highest BCUT2D eigenvalue weighted by atomic mass is 79.9. The first-order chi connectivity index (χ1) is 9.76. The largest absolute Gasteiger partial charge is 0.379 e. The number of halogens is 1. The van der Waals surface area contributed by atoms with Gasteiger partial charge in [-0.05, 0) is 36.8 Å². The molecule has 2 atom stereocenters. The van der Waals surface area contributed by atoms with Crippen LogP contribution in [-0.4, -0.2) is 19.3 Å². The SMILES string of the molecule is COC(C1CCCCC1)C(Cc1ccccc1Br)NN. The van der Waals surface area contributed by atoms with E-state index < -0.39 is 0 Å². The van der Waals surface area contributed by atoms with E-state index in [4.69, 9.17) is 10.6 Å². The Balaban J connectivity index is 2.06. The highest BCUT2D eigenvalue weighted by molar-refractivity contribution is 9.10. The molecular formula is C16H25BrN2O. The van der Waals surface area contributed by atoms with E-state index in [-0.39, 0.29) is 12.1 Å². The van der Waals surface area contributed by atoms with Crippen LogP contribution in [0.2, 0.25) is 0 Å². The first-order valence-electron chi connectivity index (χ1n) is 7.48. The van der Waals surface area contributed by atoms with Crippen molar-refractivity contribution in [2.24, 2.45) is 11.8 Å². The molecule has 0 saturated heterocycles. The molecule has 0 radical (unpaired) electrons. The molecule has 3 nitrogen and oxygen atoms in total. The Bertz CT molecular complexity index is 407. The van der Waals surface area contributed by atoms with E-state index in [0.29, 0.717) is 5.92 Å². The van der Waals surface area contributed by atoms with Crippen LogP contribution in [0.15, 0.2) is 28.7 Å². The zero-order valence-corrected chi connectivity index (χ0v) is 13.7. The van der Waals surface area contributed by atoms with Gasteiger partial charge < -0.3 is 4.74 Å². The lowest BCUT2D eigenvalue weighted by Gasteiger charge is -2.34. The van der Waals surface area contributed by atoms with Gasteiger partial charge in [-0.1, -0.05) is 53.4 Å². The molecule has 0 aromatic heterocycles. The molecule has 1 aliphatic rings. The van der Waals surface area contributed by atoms with E-state index in [9.17, 15) is 0 Å². The number of hydrogen-bond donors (Lipinski definition) is 2. The molecule has 4 heteroatoms. The molecule has 112 valence electrons. The molecule has 2 unspecified atom stereocenters. The summed E-state index contributed by atoms with van der Waals surface area (Å²) in [4.78, 5) is 0. The van der Waals surface area contributed by atoms with Crippen LogP contribution in [0.4, 0.5) is 0 Å². The fourth-order valence-corrected chi connectivity index (χ4v) is 3.77. The predicted molar refractivity (Wildman–Crippen MR) is 86.3 cm³/mol. The number of hydrazine groups is 1. The Hall–Kier alpha value is -0.420. The van der Waals surface area contributed by atoms with E-state index >= 15 is 0 Å². The maximum atomic E-state index is 5.81. The van der Waals surface area contributed by atoms with E-state index in [1.54, 1.807) is 0 Å². The van der Waals surface area contributed by atoms with Crippen LogP contribution in [0, 0.1) is 5.92 Å². The van der Waals surface area contributed by atoms with Gasteiger partial charge in [-0.3, -0.25) is 11.3 Å². The normalized spacial score (nSPS) is 19.8. The van der Waals surface area contributed by atoms with Gasteiger partial charge in [-0.25, -0.2) is 0 Å². The zero-order chi connectivity index (χ0) is 14.4. The summed E-state index contributed by atoms with van der Waals surface area (Å²) in [5, 5.41) is 0. The Kier molecular flexibility index (Phi) is 6.49. The molecule has 0 heterocycles. The maximum Gasteiger partial charge on any atom is 0.0769 e. The number of nitrogens with one attached hydrogen (secondary N) is 1. The third-order valence-corrected chi connectivity index (χ3v) is 5.17. The van der Waals surface area contributed by atoms with E-state index in [1.165, 1.54) is 37.7 Å². The van der Waals surface area contributed by atoms with Crippen LogP contribution in [0.5, 0.6) is 0 Å². The lowest BCUT2D eigenvalue weighted by atomic mass is 9.81. The highest BCUT2D eigenvalue weighted by Crippen LogP contribution is 2.30. The summed E-state index contributed by atoms with van der Waals surface area (Å²) in [6.07, 6.45) is 7.57. The second-order valence-corrected chi connectivity index (χ2v) is 6.52. The fourth-order valence-electron chi connectivity index (χ4n) is 3.32. The number of ether oxygens (including phenoxy) is 1. The highest BCUT2D eigenvalue weighted by Gasteiger charge is 2.30. The van der Waals surface area contributed by atoms with Crippen molar-refractivity contribution in [3.63, 3.8) is 0 Å². The monoisotopic (exact) mass is 340 g/mol. The molecule has 3 N–H and O–H groups in total. The number of benzene rings is 1. The fraction of sp³-hybridized carbons (Fsp3) is 0.625. The van der Waals surface area contributed by atoms with Gasteiger partial charge >= 0.3 is 0 Å². The van der Waals surface area contributed by atoms with Gasteiger partial charge in [0.05, 0.1) is 12.1 Å². The van der Waals surface area contributed by atoms with Gasteiger partial charge in [-0.2, -0.15) is 0 Å². The second kappa shape index (κ2) is 8.13. The van der Waals surface area contributed by atoms with E-state index in [0.717, 1.165) is 10.9 Å². The Morgan fingerprint density at radius 2 is 2.00 bits per heavy atom. The van der Waals surface area contributed by atoms with Crippen molar-refractivity contribution in [1.29, 1.82) is 0 Å². The number of rotatable bonds is 6. The third kappa shape index (κ3) is 4.04. The van der Waals surface area contributed by atoms with Gasteiger partial charge in [0, 0.05) is 11.6 Å². The summed E-state index contributed by atoms with van der Waals surface area (Å²) in [5.74, 6) is 6.43. The average Bonchev–Trinajstić information content (AvgIpc) is 2.50. The minimum Gasteiger partial charge on any atom is -0.379 e. The molecule has 2 rings (SSSR count). The molecule has 0 amide bonds. The minimum absolute atomic E-state index is 0.154. The van der Waals surface area contributed by atoms with Crippen LogP contribution in [-0.2, 0) is 11.2 Å². The Labute approximate surface area is 130 Å². The zero-order valence-electron chi connectivity index (χ0n) is 12.1. The lowest BCUT2D eigenvalue weighted by molar-refractivity contribution is 0.00823. The van der Waals surface area contributed by atoms with Crippen LogP contribution in [0.25, 0.3) is 0 Å². The van der Waals surface area contributed by atoms with E-state index in [2.05, 4.69) is 39.6 Å². The van der Waals surface area contributed by atoms with Crippen molar-refractivity contribution in [2.45, 2.75) is 50.7 Å². The van der Waals surface area contributed by atoms with Crippen molar-refractivity contribution in [3.05, 3.63) is 34.3 Å². The number of nitrogens with two attached hydrogens (primary N) is 1. The first kappa shape index (κ1) is 16.0. The van der Waals surface area contributed by atoms with Gasteiger partial charge in [0.15, 0.2) is 0 Å². The van der Waals surface area contributed by atoms with Gasteiger partial charge in [0.25, 0.3) is 0 Å². The van der Waals surface area contributed by atoms with Crippen molar-refractivity contribution in [2.75, 3.05) is 7.11 Å². The molecule has 20 heavy (non-hydrogen) atoms. The molecule has 0 bridgehead atoms. The molecule has 0 aliphatic heterocycles. The van der Waals surface area contributed by atoms with Crippen LogP contribution in [0.1, 0.15) is 37.7 Å². The summed E-state index contributed by atoms with van der Waals surface area (Å²) in [5.41, 5.74) is 4.25. The topological polar surface area (TPSA) is 47.3 Å². The molecule has 1 saturated carbocycles. The first-order valence-corrected chi connectivity index (χ1v) is 8.28. The Morgan fingerprint density at radius 1 is 1.30 bits per heavy atom. The molecule has 0 spiro atoms. The Morgan fingerprint density at radius 3 is 2.60 bits per heavy atom. The van der Waals surface area contributed by atoms with Crippen LogP contribution in [0.3, 0.4) is 0 Å². The van der Waals surface area contributed by atoms with Crippen molar-refractivity contribution < 1.29 is 4.74 Å². The molecule has 1 fully saturated rings. The smallest absolute Gasteiger partial charge is 0.0769 e. The summed E-state index contributed by atoms with van der Waals surface area (Å²) in [6, 6.07) is 8.47. The number of hydrogen-bond acceptors (Lipinski definition) is 3. The average molecular weight is 341 g/mol. The molecule has 1 aliphatic carbocycles. The summed E-state index contributed by atoms with van der Waals surface area (Å²) < 4.78 is 6.93. The van der Waals surface area contributed by atoms with Crippen LogP contribution < -0.4 is 11.3 Å². The van der Waals surface area contributed by atoms with Crippen LogP contribution >= 0.6 is 15.9 Å².